The zero-order valence-corrected chi connectivity index (χ0v) is 16.0. The Labute approximate surface area is 167 Å². The SMILES string of the molecule is O=C(O)CO[C@H]1CCC(=O)N(Cc2cccc(Cl)c2)[C@@H]1c1ccc(Cl)cc1. The van der Waals surface area contributed by atoms with Crippen LogP contribution >= 0.6 is 23.2 Å². The summed E-state index contributed by atoms with van der Waals surface area (Å²) in [7, 11) is 0. The number of amides is 1. The summed E-state index contributed by atoms with van der Waals surface area (Å²) in [6, 6.07) is 14.1. The Balaban J connectivity index is 1.93. The van der Waals surface area contributed by atoms with Crippen molar-refractivity contribution < 1.29 is 19.4 Å². The summed E-state index contributed by atoms with van der Waals surface area (Å²) in [5.74, 6) is -1.05. The van der Waals surface area contributed by atoms with Crippen LogP contribution in [0.15, 0.2) is 48.5 Å². The number of hydrogen-bond acceptors (Lipinski definition) is 3. The Morgan fingerprint density at radius 3 is 2.56 bits per heavy atom. The van der Waals surface area contributed by atoms with Gasteiger partial charge in [-0.1, -0.05) is 47.5 Å². The van der Waals surface area contributed by atoms with E-state index in [4.69, 9.17) is 33.0 Å². The molecule has 27 heavy (non-hydrogen) atoms. The fourth-order valence-corrected chi connectivity index (χ4v) is 3.69. The lowest BCUT2D eigenvalue weighted by atomic mass is 9.91. The number of nitrogens with zero attached hydrogens (tertiary/aromatic N) is 1. The molecule has 1 aliphatic heterocycles. The number of benzene rings is 2. The molecule has 1 heterocycles. The third-order valence-corrected chi connectivity index (χ3v) is 5.01. The molecule has 3 rings (SSSR count). The van der Waals surface area contributed by atoms with Gasteiger partial charge in [-0.2, -0.15) is 0 Å². The van der Waals surface area contributed by atoms with Crippen LogP contribution in [0, 0.1) is 0 Å². The quantitative estimate of drug-likeness (QED) is 0.773. The Morgan fingerprint density at radius 1 is 1.15 bits per heavy atom. The van der Waals surface area contributed by atoms with E-state index in [1.54, 1.807) is 23.1 Å². The normalized spacial score (nSPS) is 19.9. The second-order valence-corrected chi connectivity index (χ2v) is 7.30. The highest BCUT2D eigenvalue weighted by Crippen LogP contribution is 2.36. The van der Waals surface area contributed by atoms with Crippen LogP contribution in [0.2, 0.25) is 10.0 Å². The van der Waals surface area contributed by atoms with Crippen molar-refractivity contribution in [2.45, 2.75) is 31.5 Å². The van der Waals surface area contributed by atoms with Gasteiger partial charge in [-0.25, -0.2) is 4.79 Å². The van der Waals surface area contributed by atoms with Gasteiger partial charge in [0.1, 0.15) is 6.61 Å². The van der Waals surface area contributed by atoms with Gasteiger partial charge in [0.15, 0.2) is 0 Å². The van der Waals surface area contributed by atoms with E-state index >= 15 is 0 Å². The molecule has 2 aromatic rings. The van der Waals surface area contributed by atoms with E-state index in [0.717, 1.165) is 11.1 Å². The first kappa shape index (κ1) is 19.7. The van der Waals surface area contributed by atoms with Gasteiger partial charge in [0.05, 0.1) is 12.1 Å². The molecule has 0 saturated carbocycles. The summed E-state index contributed by atoms with van der Waals surface area (Å²) in [4.78, 5) is 25.4. The zero-order chi connectivity index (χ0) is 19.4. The molecule has 0 unspecified atom stereocenters. The predicted molar refractivity (Wildman–Crippen MR) is 103 cm³/mol. The molecule has 0 spiro atoms. The van der Waals surface area contributed by atoms with Gasteiger partial charge in [-0.3, -0.25) is 4.79 Å². The van der Waals surface area contributed by atoms with Crippen LogP contribution in [0.4, 0.5) is 0 Å². The van der Waals surface area contributed by atoms with Crippen molar-refractivity contribution >= 4 is 35.1 Å². The monoisotopic (exact) mass is 407 g/mol. The highest BCUT2D eigenvalue weighted by Gasteiger charge is 2.37. The largest absolute Gasteiger partial charge is 0.480 e. The Kier molecular flexibility index (Phi) is 6.37. The lowest BCUT2D eigenvalue weighted by Gasteiger charge is -2.41. The Morgan fingerprint density at radius 2 is 1.89 bits per heavy atom. The second-order valence-electron chi connectivity index (χ2n) is 6.43. The summed E-state index contributed by atoms with van der Waals surface area (Å²) in [5, 5.41) is 10.2. The zero-order valence-electron chi connectivity index (χ0n) is 14.5. The number of hydrogen-bond donors (Lipinski definition) is 1. The Bertz CT molecular complexity index is 825. The van der Waals surface area contributed by atoms with Crippen LogP contribution < -0.4 is 0 Å². The molecule has 0 bridgehead atoms. The third-order valence-electron chi connectivity index (χ3n) is 4.53. The molecule has 1 N–H and O–H groups in total. The van der Waals surface area contributed by atoms with Crippen molar-refractivity contribution in [2.75, 3.05) is 6.61 Å². The number of halogens is 2. The number of carbonyl (C=O) groups excluding carboxylic acids is 1. The molecule has 7 heteroatoms. The minimum absolute atomic E-state index is 0.00917. The fourth-order valence-electron chi connectivity index (χ4n) is 3.35. The van der Waals surface area contributed by atoms with Gasteiger partial charge in [-0.15, -0.1) is 0 Å². The van der Waals surface area contributed by atoms with Crippen molar-refractivity contribution in [2.24, 2.45) is 0 Å². The van der Waals surface area contributed by atoms with Crippen LogP contribution in [0.1, 0.15) is 30.0 Å². The molecule has 1 saturated heterocycles. The molecule has 1 aliphatic rings. The molecule has 0 radical (unpaired) electrons. The van der Waals surface area contributed by atoms with Crippen molar-refractivity contribution in [3.8, 4) is 0 Å². The second kappa shape index (κ2) is 8.74. The van der Waals surface area contributed by atoms with Gasteiger partial charge in [0.2, 0.25) is 5.91 Å². The fraction of sp³-hybridized carbons (Fsp3) is 0.300. The first-order chi connectivity index (χ1) is 12.9. The number of aliphatic carboxylic acids is 1. The van der Waals surface area contributed by atoms with E-state index < -0.39 is 24.7 Å². The molecule has 0 aromatic heterocycles. The van der Waals surface area contributed by atoms with Crippen molar-refractivity contribution in [1.82, 2.24) is 4.90 Å². The molecular weight excluding hydrogens is 389 g/mol. The van der Waals surface area contributed by atoms with E-state index in [0.29, 0.717) is 29.4 Å². The minimum atomic E-state index is -1.04. The summed E-state index contributed by atoms with van der Waals surface area (Å²) >= 11 is 12.1. The van der Waals surface area contributed by atoms with E-state index in [2.05, 4.69) is 0 Å². The van der Waals surface area contributed by atoms with Crippen LogP contribution in [-0.4, -0.2) is 34.6 Å². The van der Waals surface area contributed by atoms with Crippen LogP contribution in [0.5, 0.6) is 0 Å². The number of carboxylic acid groups (broad SMARTS) is 1. The van der Waals surface area contributed by atoms with Gasteiger partial charge < -0.3 is 14.7 Å². The molecular formula is C20H19Cl2NO4. The highest BCUT2D eigenvalue weighted by molar-refractivity contribution is 6.30. The number of likely N-dealkylation sites (tertiary alicyclic amines) is 1. The maximum Gasteiger partial charge on any atom is 0.329 e. The standard InChI is InChI=1S/C20H19Cl2NO4/c21-15-6-4-14(5-7-15)20-17(27-12-19(25)26)8-9-18(24)23(20)11-13-2-1-3-16(22)10-13/h1-7,10,17,20H,8-9,11-12H2,(H,25,26)/t17-,20+/m0/s1. The van der Waals surface area contributed by atoms with Crippen LogP contribution in [-0.2, 0) is 20.9 Å². The average molecular weight is 408 g/mol. The maximum atomic E-state index is 12.7. The summed E-state index contributed by atoms with van der Waals surface area (Å²) in [5.41, 5.74) is 1.75. The van der Waals surface area contributed by atoms with Crippen LogP contribution in [0.3, 0.4) is 0 Å². The summed E-state index contributed by atoms with van der Waals surface area (Å²) in [6.45, 7) is -0.0480. The van der Waals surface area contributed by atoms with Crippen molar-refractivity contribution in [3.63, 3.8) is 0 Å². The molecule has 2 atom stereocenters. The topological polar surface area (TPSA) is 66.8 Å². The molecule has 1 amide bonds. The van der Waals surface area contributed by atoms with Gasteiger partial charge in [-0.05, 0) is 41.8 Å². The molecule has 142 valence electrons. The van der Waals surface area contributed by atoms with Gasteiger partial charge in [0.25, 0.3) is 0 Å². The third kappa shape index (κ3) is 5.01. The molecule has 2 aromatic carbocycles. The first-order valence-corrected chi connectivity index (χ1v) is 9.32. The summed E-state index contributed by atoms with van der Waals surface area (Å²) < 4.78 is 5.63. The smallest absolute Gasteiger partial charge is 0.329 e. The number of carbonyl (C=O) groups is 2. The first-order valence-electron chi connectivity index (χ1n) is 8.57. The Hall–Kier alpha value is -2.08. The molecule has 0 aliphatic carbocycles. The maximum absolute atomic E-state index is 12.7. The molecule has 5 nitrogen and oxygen atoms in total. The lowest BCUT2D eigenvalue weighted by molar-refractivity contribution is -0.154. The number of carboxylic acids is 1. The molecule has 1 fully saturated rings. The van der Waals surface area contributed by atoms with E-state index in [1.165, 1.54) is 0 Å². The van der Waals surface area contributed by atoms with Crippen LogP contribution in [0.25, 0.3) is 0 Å². The van der Waals surface area contributed by atoms with E-state index in [1.807, 2.05) is 30.3 Å². The minimum Gasteiger partial charge on any atom is -0.480 e. The van der Waals surface area contributed by atoms with Gasteiger partial charge >= 0.3 is 5.97 Å². The summed E-state index contributed by atoms with van der Waals surface area (Å²) in [6.07, 6.45) is 0.347. The van der Waals surface area contributed by atoms with Gasteiger partial charge in [0, 0.05) is 23.0 Å². The van der Waals surface area contributed by atoms with Crippen molar-refractivity contribution in [3.05, 3.63) is 69.7 Å². The van der Waals surface area contributed by atoms with Crippen molar-refractivity contribution in [1.29, 1.82) is 0 Å². The highest BCUT2D eigenvalue weighted by atomic mass is 35.5. The number of ether oxygens (including phenoxy) is 1. The number of piperidine rings is 1. The van der Waals surface area contributed by atoms with E-state index in [9.17, 15) is 9.59 Å². The number of rotatable bonds is 6. The average Bonchev–Trinajstić information content (AvgIpc) is 2.63. The lowest BCUT2D eigenvalue weighted by Crippen LogP contribution is -2.46. The van der Waals surface area contributed by atoms with E-state index in [-0.39, 0.29) is 5.91 Å². The predicted octanol–water partition coefficient (Wildman–Crippen LogP) is 4.33.